The molecule has 1 atom stereocenters. The van der Waals surface area contributed by atoms with E-state index in [4.69, 9.17) is 4.52 Å². The van der Waals surface area contributed by atoms with Crippen LogP contribution in [0.15, 0.2) is 40.9 Å². The lowest BCUT2D eigenvalue weighted by Gasteiger charge is -2.22. The van der Waals surface area contributed by atoms with E-state index in [-0.39, 0.29) is 11.9 Å². The fourth-order valence-corrected chi connectivity index (χ4v) is 3.79. The average molecular weight is 379 g/mol. The van der Waals surface area contributed by atoms with Crippen molar-refractivity contribution < 1.29 is 9.32 Å². The van der Waals surface area contributed by atoms with Crippen molar-refractivity contribution in [2.24, 2.45) is 7.05 Å². The minimum atomic E-state index is -0.134. The number of likely N-dealkylation sites (tertiary alicyclic amines) is 1. The van der Waals surface area contributed by atoms with Crippen molar-refractivity contribution in [3.8, 4) is 0 Å². The van der Waals surface area contributed by atoms with Crippen molar-refractivity contribution in [3.05, 3.63) is 64.7 Å². The first-order valence-electron chi connectivity index (χ1n) is 9.58. The van der Waals surface area contributed by atoms with Gasteiger partial charge in [0.1, 0.15) is 5.82 Å². The van der Waals surface area contributed by atoms with Gasteiger partial charge in [0.15, 0.2) is 5.76 Å². The summed E-state index contributed by atoms with van der Waals surface area (Å²) >= 11 is 0. The van der Waals surface area contributed by atoms with E-state index in [1.165, 1.54) is 5.56 Å². The summed E-state index contributed by atoms with van der Waals surface area (Å²) in [6, 6.07) is 11.9. The molecule has 0 radical (unpaired) electrons. The second kappa shape index (κ2) is 7.59. The molecule has 28 heavy (non-hydrogen) atoms. The van der Waals surface area contributed by atoms with Gasteiger partial charge in [0.2, 0.25) is 0 Å². The molecule has 0 saturated carbocycles. The highest BCUT2D eigenvalue weighted by atomic mass is 16.5. The summed E-state index contributed by atoms with van der Waals surface area (Å²) in [6.07, 6.45) is 2.23. The third-order valence-electron chi connectivity index (χ3n) is 5.18. The van der Waals surface area contributed by atoms with Gasteiger partial charge in [-0.15, -0.1) is 0 Å². The molecule has 3 aromatic rings. The summed E-state index contributed by atoms with van der Waals surface area (Å²) in [5, 5.41) is 11.2. The molecular weight excluding hydrogens is 354 g/mol. The Morgan fingerprint density at radius 3 is 2.64 bits per heavy atom. The van der Waals surface area contributed by atoms with E-state index in [1.54, 1.807) is 4.68 Å². The number of benzene rings is 1. The zero-order valence-corrected chi connectivity index (χ0v) is 16.5. The largest absolute Gasteiger partial charge is 0.359 e. The van der Waals surface area contributed by atoms with Gasteiger partial charge in [0, 0.05) is 31.3 Å². The number of carbonyl (C=O) groups excluding carboxylic acids is 1. The maximum Gasteiger partial charge on any atom is 0.256 e. The lowest BCUT2D eigenvalue weighted by molar-refractivity contribution is 0.102. The van der Waals surface area contributed by atoms with Crippen LogP contribution in [0.5, 0.6) is 0 Å². The predicted octanol–water partition coefficient (Wildman–Crippen LogP) is 3.61. The van der Waals surface area contributed by atoms with Crippen LogP contribution in [-0.4, -0.2) is 32.3 Å². The minimum absolute atomic E-state index is 0.134. The van der Waals surface area contributed by atoms with Gasteiger partial charge in [-0.25, -0.2) is 0 Å². The first-order valence-corrected chi connectivity index (χ1v) is 9.58. The molecule has 2 aromatic heterocycles. The Morgan fingerprint density at radius 1 is 1.21 bits per heavy atom. The van der Waals surface area contributed by atoms with Crippen molar-refractivity contribution in [1.82, 2.24) is 19.8 Å². The standard InChI is InChI=1S/C21H25N5O2/c1-14-12-20(25(3)23-14)22-21(27)17-8-6-16(7-9-17)13-26-10-4-5-18(26)19-11-15(2)24-28-19/h6-9,11-12,18H,4-5,10,13H2,1-3H3,(H,22,27)/t18-/m0/s1. The van der Waals surface area contributed by atoms with Gasteiger partial charge in [0.05, 0.1) is 17.4 Å². The van der Waals surface area contributed by atoms with E-state index in [0.29, 0.717) is 11.4 Å². The maximum absolute atomic E-state index is 12.5. The van der Waals surface area contributed by atoms with E-state index in [2.05, 4.69) is 20.5 Å². The van der Waals surface area contributed by atoms with Crippen LogP contribution in [0.2, 0.25) is 0 Å². The number of nitrogens with zero attached hydrogens (tertiary/aromatic N) is 4. The van der Waals surface area contributed by atoms with Crippen LogP contribution in [0, 0.1) is 13.8 Å². The molecule has 4 rings (SSSR count). The molecule has 0 aliphatic carbocycles. The molecular formula is C21H25N5O2. The summed E-state index contributed by atoms with van der Waals surface area (Å²) in [6.45, 7) is 5.71. The number of hydrogen-bond acceptors (Lipinski definition) is 5. The van der Waals surface area contributed by atoms with Gasteiger partial charge in [-0.2, -0.15) is 5.10 Å². The minimum Gasteiger partial charge on any atom is -0.359 e. The quantitative estimate of drug-likeness (QED) is 0.733. The van der Waals surface area contributed by atoms with Gasteiger partial charge in [-0.1, -0.05) is 17.3 Å². The third-order valence-corrected chi connectivity index (χ3v) is 5.18. The number of rotatable bonds is 5. The van der Waals surface area contributed by atoms with Crippen LogP contribution in [0.4, 0.5) is 5.82 Å². The molecule has 7 nitrogen and oxygen atoms in total. The molecule has 1 saturated heterocycles. The second-order valence-corrected chi connectivity index (χ2v) is 7.44. The summed E-state index contributed by atoms with van der Waals surface area (Å²) < 4.78 is 7.15. The van der Waals surface area contributed by atoms with E-state index in [0.717, 1.165) is 43.1 Å². The summed E-state index contributed by atoms with van der Waals surface area (Å²) in [5.41, 5.74) is 3.60. The van der Waals surface area contributed by atoms with Crippen molar-refractivity contribution in [2.75, 3.05) is 11.9 Å². The molecule has 0 unspecified atom stereocenters. The lowest BCUT2D eigenvalue weighted by Crippen LogP contribution is -2.22. The molecule has 7 heteroatoms. The zero-order chi connectivity index (χ0) is 19.7. The SMILES string of the molecule is Cc1cc([C@@H]2CCCN2Cc2ccc(C(=O)Nc3cc(C)nn3C)cc2)on1. The highest BCUT2D eigenvalue weighted by Gasteiger charge is 2.29. The fourth-order valence-electron chi connectivity index (χ4n) is 3.79. The Hall–Kier alpha value is -2.93. The first kappa shape index (κ1) is 18.4. The van der Waals surface area contributed by atoms with Crippen LogP contribution in [-0.2, 0) is 13.6 Å². The molecule has 0 spiro atoms. The van der Waals surface area contributed by atoms with Crippen LogP contribution < -0.4 is 5.32 Å². The van der Waals surface area contributed by atoms with Crippen molar-refractivity contribution in [3.63, 3.8) is 0 Å². The Balaban J connectivity index is 1.41. The summed E-state index contributed by atoms with van der Waals surface area (Å²) in [4.78, 5) is 14.9. The van der Waals surface area contributed by atoms with Gasteiger partial charge >= 0.3 is 0 Å². The van der Waals surface area contributed by atoms with Gasteiger partial charge in [-0.05, 0) is 50.9 Å². The van der Waals surface area contributed by atoms with E-state index < -0.39 is 0 Å². The number of hydrogen-bond donors (Lipinski definition) is 1. The Labute approximate surface area is 164 Å². The van der Waals surface area contributed by atoms with E-state index in [1.807, 2.05) is 57.3 Å². The number of amides is 1. The van der Waals surface area contributed by atoms with Gasteiger partial charge in [0.25, 0.3) is 5.91 Å². The van der Waals surface area contributed by atoms with Crippen LogP contribution >= 0.6 is 0 Å². The lowest BCUT2D eigenvalue weighted by atomic mass is 10.1. The molecule has 1 amide bonds. The summed E-state index contributed by atoms with van der Waals surface area (Å²) in [7, 11) is 1.81. The Kier molecular flexibility index (Phi) is 5.00. The van der Waals surface area contributed by atoms with E-state index >= 15 is 0 Å². The summed E-state index contributed by atoms with van der Waals surface area (Å²) in [5.74, 6) is 1.50. The highest BCUT2D eigenvalue weighted by Crippen LogP contribution is 2.33. The molecule has 1 aromatic carbocycles. The number of nitrogens with one attached hydrogen (secondary N) is 1. The molecule has 1 N–H and O–H groups in total. The number of anilines is 1. The van der Waals surface area contributed by atoms with Crippen molar-refractivity contribution in [1.29, 1.82) is 0 Å². The smallest absolute Gasteiger partial charge is 0.256 e. The predicted molar refractivity (Wildman–Crippen MR) is 106 cm³/mol. The molecule has 0 bridgehead atoms. The number of aromatic nitrogens is 3. The number of aryl methyl sites for hydroxylation is 3. The van der Waals surface area contributed by atoms with Crippen LogP contribution in [0.1, 0.15) is 52.0 Å². The second-order valence-electron chi connectivity index (χ2n) is 7.44. The Morgan fingerprint density at radius 2 is 2.00 bits per heavy atom. The Bertz CT molecular complexity index is 973. The van der Waals surface area contributed by atoms with E-state index in [9.17, 15) is 4.79 Å². The number of carbonyl (C=O) groups is 1. The molecule has 1 aliphatic rings. The highest BCUT2D eigenvalue weighted by molar-refractivity contribution is 6.03. The topological polar surface area (TPSA) is 76.2 Å². The van der Waals surface area contributed by atoms with Crippen LogP contribution in [0.25, 0.3) is 0 Å². The zero-order valence-electron chi connectivity index (χ0n) is 16.5. The maximum atomic E-state index is 12.5. The normalized spacial score (nSPS) is 17.2. The first-order chi connectivity index (χ1) is 13.5. The molecule has 1 aliphatic heterocycles. The average Bonchev–Trinajstić information content (AvgIpc) is 3.37. The van der Waals surface area contributed by atoms with Crippen molar-refractivity contribution >= 4 is 11.7 Å². The van der Waals surface area contributed by atoms with Crippen molar-refractivity contribution in [2.45, 2.75) is 39.3 Å². The monoisotopic (exact) mass is 379 g/mol. The van der Waals surface area contributed by atoms with Gasteiger partial charge in [-0.3, -0.25) is 14.4 Å². The fraction of sp³-hybridized carbons (Fsp3) is 0.381. The molecule has 146 valence electrons. The van der Waals surface area contributed by atoms with Crippen LogP contribution in [0.3, 0.4) is 0 Å². The molecule has 1 fully saturated rings. The third kappa shape index (κ3) is 3.84. The molecule has 3 heterocycles. The van der Waals surface area contributed by atoms with Gasteiger partial charge < -0.3 is 9.84 Å².